The summed E-state index contributed by atoms with van der Waals surface area (Å²) in [6, 6.07) is 0. The van der Waals surface area contributed by atoms with Crippen molar-refractivity contribution in [3.63, 3.8) is 0 Å². The van der Waals surface area contributed by atoms with E-state index in [2.05, 4.69) is 20.1 Å². The lowest BCUT2D eigenvalue weighted by Crippen LogP contribution is -2.29. The molecule has 0 bridgehead atoms. The molecule has 1 aliphatic heterocycles. The van der Waals surface area contributed by atoms with Gasteiger partial charge in [-0.15, -0.1) is 0 Å². The molecular formula is C17H26O5. The van der Waals surface area contributed by atoms with E-state index in [1.54, 1.807) is 6.92 Å². The van der Waals surface area contributed by atoms with E-state index in [9.17, 15) is 9.59 Å². The average molecular weight is 310 g/mol. The summed E-state index contributed by atoms with van der Waals surface area (Å²) in [6.45, 7) is 11.6. The van der Waals surface area contributed by atoms with Gasteiger partial charge in [-0.25, -0.2) is 9.59 Å². The normalized spacial score (nSPS) is 19.4. The van der Waals surface area contributed by atoms with E-state index in [4.69, 9.17) is 14.2 Å². The number of ether oxygens (including phenoxy) is 3. The first kappa shape index (κ1) is 18.4. The number of epoxide rings is 1. The number of esters is 2. The van der Waals surface area contributed by atoms with Gasteiger partial charge in [0.1, 0.15) is 6.61 Å². The molecular weight excluding hydrogens is 284 g/mol. The molecule has 124 valence electrons. The molecule has 0 amide bonds. The molecule has 0 aromatic rings. The molecule has 1 aliphatic rings. The minimum absolute atomic E-state index is 0.0386. The molecule has 5 heteroatoms. The van der Waals surface area contributed by atoms with Crippen molar-refractivity contribution < 1.29 is 23.8 Å². The van der Waals surface area contributed by atoms with Gasteiger partial charge >= 0.3 is 11.9 Å². The summed E-state index contributed by atoms with van der Waals surface area (Å²) in [4.78, 5) is 23.3. The molecule has 1 atom stereocenters. The Balaban J connectivity index is 2.29. The van der Waals surface area contributed by atoms with E-state index in [1.807, 2.05) is 0 Å². The van der Waals surface area contributed by atoms with Gasteiger partial charge in [0.15, 0.2) is 5.60 Å². The highest BCUT2D eigenvalue weighted by Gasteiger charge is 2.52. The zero-order valence-electron chi connectivity index (χ0n) is 13.6. The van der Waals surface area contributed by atoms with Gasteiger partial charge in [-0.05, 0) is 13.3 Å². The van der Waals surface area contributed by atoms with E-state index in [0.29, 0.717) is 18.8 Å². The molecule has 1 rings (SSSR count). The zero-order chi connectivity index (χ0) is 16.6. The molecule has 1 fully saturated rings. The van der Waals surface area contributed by atoms with Gasteiger partial charge in [0.2, 0.25) is 0 Å². The molecule has 5 nitrogen and oxygen atoms in total. The molecule has 0 N–H and O–H groups in total. The summed E-state index contributed by atoms with van der Waals surface area (Å²) >= 11 is 0. The van der Waals surface area contributed by atoms with Crippen molar-refractivity contribution in [3.05, 3.63) is 24.3 Å². The molecule has 0 aliphatic carbocycles. The predicted octanol–water partition coefficient (Wildman–Crippen LogP) is 2.94. The first-order chi connectivity index (χ1) is 10.4. The smallest absolute Gasteiger partial charge is 0.336 e. The van der Waals surface area contributed by atoms with Crippen LogP contribution in [0, 0.1) is 0 Å². The Kier molecular flexibility index (Phi) is 7.32. The average Bonchev–Trinajstić information content (AvgIpc) is 3.28. The first-order valence-corrected chi connectivity index (χ1v) is 7.76. The van der Waals surface area contributed by atoms with E-state index in [0.717, 1.165) is 19.3 Å². The fourth-order valence-electron chi connectivity index (χ4n) is 1.88. The van der Waals surface area contributed by atoms with Crippen molar-refractivity contribution in [2.45, 2.75) is 51.6 Å². The third-order valence-corrected chi connectivity index (χ3v) is 3.56. The fourth-order valence-corrected chi connectivity index (χ4v) is 1.88. The topological polar surface area (TPSA) is 65.1 Å². The number of hydrogen-bond donors (Lipinski definition) is 0. The summed E-state index contributed by atoms with van der Waals surface area (Å²) in [7, 11) is 0. The van der Waals surface area contributed by atoms with Crippen LogP contribution in [0.15, 0.2) is 24.3 Å². The van der Waals surface area contributed by atoms with Crippen LogP contribution in [0.4, 0.5) is 0 Å². The molecule has 1 saturated heterocycles. The predicted molar refractivity (Wildman–Crippen MR) is 83.3 cm³/mol. The third kappa shape index (κ3) is 5.64. The standard InChI is InChI=1S/C17H26O5/c1-5-6-7-8-9-10-20-16(19)14(4)17(12-22-17)11-21-15(18)13(2)3/h2,4-12H2,1,3H3. The molecule has 1 heterocycles. The Bertz CT molecular complexity index is 434. The van der Waals surface area contributed by atoms with Crippen LogP contribution in [0.3, 0.4) is 0 Å². The lowest BCUT2D eigenvalue weighted by molar-refractivity contribution is -0.144. The molecule has 0 radical (unpaired) electrons. The molecule has 0 aromatic carbocycles. The molecule has 22 heavy (non-hydrogen) atoms. The van der Waals surface area contributed by atoms with Crippen molar-refractivity contribution in [1.29, 1.82) is 0 Å². The maximum absolute atomic E-state index is 11.9. The van der Waals surface area contributed by atoms with Crippen LogP contribution in [0.2, 0.25) is 0 Å². The van der Waals surface area contributed by atoms with Gasteiger partial charge in [-0.3, -0.25) is 0 Å². The minimum Gasteiger partial charge on any atom is -0.462 e. The second-order valence-corrected chi connectivity index (χ2v) is 5.67. The maximum Gasteiger partial charge on any atom is 0.336 e. The maximum atomic E-state index is 11.9. The van der Waals surface area contributed by atoms with Gasteiger partial charge in [0.25, 0.3) is 0 Å². The van der Waals surface area contributed by atoms with Crippen molar-refractivity contribution in [1.82, 2.24) is 0 Å². The highest BCUT2D eigenvalue weighted by molar-refractivity contribution is 5.91. The Morgan fingerprint density at radius 1 is 1.09 bits per heavy atom. The Labute approximate surface area is 132 Å². The van der Waals surface area contributed by atoms with Crippen molar-refractivity contribution in [2.75, 3.05) is 19.8 Å². The van der Waals surface area contributed by atoms with Crippen LogP contribution in [0.1, 0.15) is 46.0 Å². The fraction of sp³-hybridized carbons (Fsp3) is 0.647. The number of unbranched alkanes of at least 4 members (excludes halogenated alkanes) is 4. The van der Waals surface area contributed by atoms with Crippen molar-refractivity contribution >= 4 is 11.9 Å². The van der Waals surface area contributed by atoms with Crippen LogP contribution in [0.25, 0.3) is 0 Å². The van der Waals surface area contributed by atoms with E-state index in [-0.39, 0.29) is 12.2 Å². The number of rotatable bonds is 11. The summed E-state index contributed by atoms with van der Waals surface area (Å²) in [5.74, 6) is -0.994. The van der Waals surface area contributed by atoms with Gasteiger partial charge in [-0.2, -0.15) is 0 Å². The number of carbonyl (C=O) groups excluding carboxylic acids is 2. The molecule has 0 saturated carbocycles. The molecule has 0 spiro atoms. The quantitative estimate of drug-likeness (QED) is 0.254. The summed E-state index contributed by atoms with van der Waals surface area (Å²) < 4.78 is 15.5. The van der Waals surface area contributed by atoms with E-state index >= 15 is 0 Å². The summed E-state index contributed by atoms with van der Waals surface area (Å²) in [6.07, 6.45) is 5.42. The second kappa shape index (κ2) is 8.73. The zero-order valence-corrected chi connectivity index (χ0v) is 13.6. The SMILES string of the molecule is C=C(C)C(=O)OCC1(C(=C)C(=O)OCCCCCCC)CO1. The highest BCUT2D eigenvalue weighted by Crippen LogP contribution is 2.35. The van der Waals surface area contributed by atoms with E-state index in [1.165, 1.54) is 12.8 Å². The largest absolute Gasteiger partial charge is 0.462 e. The van der Waals surface area contributed by atoms with E-state index < -0.39 is 17.5 Å². The van der Waals surface area contributed by atoms with Gasteiger partial charge < -0.3 is 14.2 Å². The molecule has 1 unspecified atom stereocenters. The third-order valence-electron chi connectivity index (χ3n) is 3.56. The van der Waals surface area contributed by atoms with Gasteiger partial charge in [0, 0.05) is 5.57 Å². The second-order valence-electron chi connectivity index (χ2n) is 5.67. The van der Waals surface area contributed by atoms with Crippen molar-refractivity contribution in [2.24, 2.45) is 0 Å². The summed E-state index contributed by atoms with van der Waals surface area (Å²) in [5.41, 5.74) is -0.406. The molecule has 0 aromatic heterocycles. The monoisotopic (exact) mass is 310 g/mol. The lowest BCUT2D eigenvalue weighted by Gasteiger charge is -2.14. The van der Waals surface area contributed by atoms with Gasteiger partial charge in [-0.1, -0.05) is 45.8 Å². The number of hydrogen-bond acceptors (Lipinski definition) is 5. The Hall–Kier alpha value is -1.62. The van der Waals surface area contributed by atoms with Crippen molar-refractivity contribution in [3.8, 4) is 0 Å². The van der Waals surface area contributed by atoms with Crippen LogP contribution in [-0.4, -0.2) is 37.4 Å². The lowest BCUT2D eigenvalue weighted by atomic mass is 10.0. The van der Waals surface area contributed by atoms with Crippen LogP contribution >= 0.6 is 0 Å². The van der Waals surface area contributed by atoms with Crippen LogP contribution in [-0.2, 0) is 23.8 Å². The minimum atomic E-state index is -0.912. The van der Waals surface area contributed by atoms with Crippen LogP contribution < -0.4 is 0 Å². The van der Waals surface area contributed by atoms with Crippen LogP contribution in [0.5, 0.6) is 0 Å². The Morgan fingerprint density at radius 2 is 1.73 bits per heavy atom. The first-order valence-electron chi connectivity index (χ1n) is 7.76. The highest BCUT2D eigenvalue weighted by atomic mass is 16.6. The number of carbonyl (C=O) groups is 2. The Morgan fingerprint density at radius 3 is 2.27 bits per heavy atom. The summed E-state index contributed by atoms with van der Waals surface area (Å²) in [5, 5.41) is 0. The van der Waals surface area contributed by atoms with Gasteiger partial charge in [0.05, 0.1) is 18.8 Å².